The molecule has 150 valence electrons. The van der Waals surface area contributed by atoms with Crippen molar-refractivity contribution >= 4 is 17.1 Å². The summed E-state index contributed by atoms with van der Waals surface area (Å²) in [6.45, 7) is 16.6. The van der Waals surface area contributed by atoms with E-state index in [2.05, 4.69) is 76.4 Å². The van der Waals surface area contributed by atoms with E-state index in [1.165, 1.54) is 22.3 Å². The Labute approximate surface area is 170 Å². The summed E-state index contributed by atoms with van der Waals surface area (Å²) in [4.78, 5) is 7.31. The number of fused-ring (bicyclic) bond motifs is 1. The van der Waals surface area contributed by atoms with Crippen LogP contribution in [0.25, 0.3) is 11.3 Å². The van der Waals surface area contributed by atoms with Crippen LogP contribution in [0.3, 0.4) is 0 Å². The molecule has 0 saturated carbocycles. The summed E-state index contributed by atoms with van der Waals surface area (Å²) in [7, 11) is 0. The van der Waals surface area contributed by atoms with E-state index in [4.69, 9.17) is 10.7 Å². The number of benzene rings is 1. The van der Waals surface area contributed by atoms with Crippen molar-refractivity contribution in [2.45, 2.75) is 58.9 Å². The maximum Gasteiger partial charge on any atom is 0.102 e. The molecular weight excluding hydrogens is 342 g/mol. The highest BCUT2D eigenvalue weighted by atomic mass is 15.3. The number of hydrogen-bond donors (Lipinski definition) is 1. The fourth-order valence-electron chi connectivity index (χ4n) is 4.00. The Hall–Kier alpha value is -2.13. The van der Waals surface area contributed by atoms with Crippen LogP contribution in [0.1, 0.15) is 70.1 Å². The summed E-state index contributed by atoms with van der Waals surface area (Å²) < 4.78 is 0. The van der Waals surface area contributed by atoms with Crippen molar-refractivity contribution in [3.8, 4) is 0 Å². The molecule has 1 aromatic carbocycles. The highest BCUT2D eigenvalue weighted by Crippen LogP contribution is 2.36. The van der Waals surface area contributed by atoms with E-state index in [1.807, 2.05) is 6.08 Å². The Morgan fingerprint density at radius 3 is 2.79 bits per heavy atom. The van der Waals surface area contributed by atoms with Gasteiger partial charge in [-0.15, -0.1) is 6.58 Å². The fourth-order valence-corrected chi connectivity index (χ4v) is 4.00. The molecule has 3 nitrogen and oxygen atoms in total. The van der Waals surface area contributed by atoms with Crippen LogP contribution in [0, 0.1) is 5.92 Å². The summed E-state index contributed by atoms with van der Waals surface area (Å²) in [5.74, 6) is 1.87. The molecular formula is C25H35N3. The van der Waals surface area contributed by atoms with Gasteiger partial charge in [0.2, 0.25) is 0 Å². The van der Waals surface area contributed by atoms with Crippen LogP contribution in [-0.2, 0) is 0 Å². The van der Waals surface area contributed by atoms with Gasteiger partial charge < -0.3 is 10.6 Å². The van der Waals surface area contributed by atoms with Gasteiger partial charge in [0.25, 0.3) is 0 Å². The van der Waals surface area contributed by atoms with Crippen molar-refractivity contribution in [3.05, 3.63) is 59.7 Å². The zero-order chi connectivity index (χ0) is 20.5. The van der Waals surface area contributed by atoms with Crippen LogP contribution in [0.2, 0.25) is 0 Å². The van der Waals surface area contributed by atoms with Crippen molar-refractivity contribution in [2.75, 3.05) is 13.1 Å². The van der Waals surface area contributed by atoms with Crippen LogP contribution < -0.4 is 5.73 Å². The molecule has 28 heavy (non-hydrogen) atoms. The van der Waals surface area contributed by atoms with Gasteiger partial charge in [0.05, 0.1) is 11.2 Å². The molecule has 0 radical (unpaired) electrons. The van der Waals surface area contributed by atoms with Crippen molar-refractivity contribution < 1.29 is 0 Å². The first-order valence-electron chi connectivity index (χ1n) is 10.5. The van der Waals surface area contributed by atoms with E-state index in [0.717, 1.165) is 37.5 Å². The predicted octanol–water partition coefficient (Wildman–Crippen LogP) is 5.60. The Morgan fingerprint density at radius 1 is 1.43 bits per heavy atom. The lowest BCUT2D eigenvalue weighted by molar-refractivity contribution is 0.140. The van der Waals surface area contributed by atoms with Crippen molar-refractivity contribution in [3.63, 3.8) is 0 Å². The quantitative estimate of drug-likeness (QED) is 0.412. The molecule has 3 rings (SSSR count). The lowest BCUT2D eigenvalue weighted by Gasteiger charge is -2.48. The summed E-state index contributed by atoms with van der Waals surface area (Å²) in [5.41, 5.74) is 12.6. The topological polar surface area (TPSA) is 41.6 Å². The zero-order valence-electron chi connectivity index (χ0n) is 18.1. The summed E-state index contributed by atoms with van der Waals surface area (Å²) in [6, 6.07) is 6.82. The van der Waals surface area contributed by atoms with Crippen molar-refractivity contribution in [2.24, 2.45) is 16.6 Å². The first-order chi connectivity index (χ1) is 13.3. The van der Waals surface area contributed by atoms with Gasteiger partial charge in [0, 0.05) is 18.7 Å². The second-order valence-electron chi connectivity index (χ2n) is 8.70. The fraction of sp³-hybridized carbons (Fsp3) is 0.480. The minimum absolute atomic E-state index is 0.0566. The van der Waals surface area contributed by atoms with E-state index in [1.54, 1.807) is 0 Å². The average molecular weight is 378 g/mol. The monoisotopic (exact) mass is 377 g/mol. The molecule has 1 aromatic rings. The summed E-state index contributed by atoms with van der Waals surface area (Å²) >= 11 is 0. The zero-order valence-corrected chi connectivity index (χ0v) is 18.1. The van der Waals surface area contributed by atoms with E-state index in [-0.39, 0.29) is 11.5 Å². The number of amidine groups is 1. The van der Waals surface area contributed by atoms with Gasteiger partial charge in [-0.05, 0) is 61.3 Å². The van der Waals surface area contributed by atoms with Crippen LogP contribution in [0.4, 0.5) is 0 Å². The standard InChI is InChI=1S/C25H35N3/c1-7-17(3)13-24(27-20(6)28-15-25(26,8-2)16-28)21-11-12-22-18(4)9-10-19(5)23(22)14-21/h7,10-14,17-18H,1,8-9,15-16,26H2,2-6H3/b24-13-,27-20?/t17-,18+/m0/s1. The largest absolute Gasteiger partial charge is 0.356 e. The number of hydrogen-bond acceptors (Lipinski definition) is 2. The van der Waals surface area contributed by atoms with Gasteiger partial charge in [-0.25, -0.2) is 4.99 Å². The molecule has 1 heterocycles. The van der Waals surface area contributed by atoms with E-state index in [0.29, 0.717) is 5.92 Å². The van der Waals surface area contributed by atoms with Crippen molar-refractivity contribution in [1.29, 1.82) is 0 Å². The Kier molecular flexibility index (Phi) is 5.95. The number of allylic oxidation sites excluding steroid dienone is 4. The van der Waals surface area contributed by atoms with Gasteiger partial charge in [0.1, 0.15) is 5.84 Å². The molecule has 0 aromatic heterocycles. The molecule has 2 aliphatic rings. The molecule has 1 aliphatic carbocycles. The second kappa shape index (κ2) is 8.08. The Morgan fingerprint density at radius 2 is 2.14 bits per heavy atom. The molecule has 0 spiro atoms. The molecule has 0 unspecified atom stereocenters. The second-order valence-corrected chi connectivity index (χ2v) is 8.70. The van der Waals surface area contributed by atoms with Crippen molar-refractivity contribution in [1.82, 2.24) is 4.90 Å². The lowest BCUT2D eigenvalue weighted by atomic mass is 9.83. The van der Waals surface area contributed by atoms with Crippen LogP contribution in [-0.4, -0.2) is 29.4 Å². The maximum absolute atomic E-state index is 6.35. The molecule has 2 atom stereocenters. The minimum Gasteiger partial charge on any atom is -0.356 e. The number of nitrogens with zero attached hydrogens (tertiary/aromatic N) is 2. The average Bonchev–Trinajstić information content (AvgIpc) is 2.67. The van der Waals surface area contributed by atoms with E-state index < -0.39 is 0 Å². The van der Waals surface area contributed by atoms with Gasteiger partial charge in [0.15, 0.2) is 0 Å². The number of nitrogens with two attached hydrogens (primary N) is 1. The molecule has 0 bridgehead atoms. The SMILES string of the molecule is C=C[C@H](C)/C=C(\N=C(C)N1CC(N)(CC)C1)c1ccc2c(c1)C(C)=CC[C@H]2C. The Bertz CT molecular complexity index is 837. The number of likely N-dealkylation sites (tertiary alicyclic amines) is 1. The highest BCUT2D eigenvalue weighted by molar-refractivity contribution is 5.88. The third kappa shape index (κ3) is 4.15. The third-order valence-electron chi connectivity index (χ3n) is 6.33. The first-order valence-corrected chi connectivity index (χ1v) is 10.5. The lowest BCUT2D eigenvalue weighted by Crippen LogP contribution is -2.67. The molecule has 2 N–H and O–H groups in total. The third-order valence-corrected chi connectivity index (χ3v) is 6.33. The van der Waals surface area contributed by atoms with Gasteiger partial charge >= 0.3 is 0 Å². The normalized spacial score (nSPS) is 22.9. The summed E-state index contributed by atoms with van der Waals surface area (Å²) in [6.07, 6.45) is 8.65. The van der Waals surface area contributed by atoms with Gasteiger partial charge in [-0.2, -0.15) is 0 Å². The highest BCUT2D eigenvalue weighted by Gasteiger charge is 2.38. The number of aliphatic imine (C=N–C) groups is 1. The smallest absolute Gasteiger partial charge is 0.102 e. The predicted molar refractivity (Wildman–Crippen MR) is 122 cm³/mol. The molecule has 1 saturated heterocycles. The minimum atomic E-state index is -0.0566. The van der Waals surface area contributed by atoms with Crippen LogP contribution >= 0.6 is 0 Å². The first kappa shape index (κ1) is 20.6. The molecule has 1 fully saturated rings. The van der Waals surface area contributed by atoms with Gasteiger partial charge in [-0.1, -0.05) is 51.1 Å². The molecule has 0 amide bonds. The maximum atomic E-state index is 6.35. The van der Waals surface area contributed by atoms with Crippen LogP contribution in [0.5, 0.6) is 0 Å². The number of rotatable bonds is 5. The summed E-state index contributed by atoms with van der Waals surface area (Å²) in [5, 5.41) is 0. The Balaban J connectivity index is 1.95. The van der Waals surface area contributed by atoms with E-state index in [9.17, 15) is 0 Å². The molecule has 1 aliphatic heterocycles. The van der Waals surface area contributed by atoms with E-state index >= 15 is 0 Å². The molecule has 3 heteroatoms. The van der Waals surface area contributed by atoms with Crippen LogP contribution in [0.15, 0.2) is 48.0 Å². The van der Waals surface area contributed by atoms with Gasteiger partial charge in [-0.3, -0.25) is 0 Å².